The van der Waals surface area contributed by atoms with Crippen molar-refractivity contribution in [3.63, 3.8) is 0 Å². The van der Waals surface area contributed by atoms with Crippen LogP contribution >= 0.6 is 12.8 Å². The molecule has 3 atom stereocenters. The van der Waals surface area contributed by atoms with Crippen LogP contribution in [0.4, 0.5) is 0 Å². The van der Waals surface area contributed by atoms with Crippen LogP contribution in [-0.4, -0.2) is 14.4 Å². The highest BCUT2D eigenvalue weighted by molar-refractivity contribution is 7.78. The molecule has 0 aromatic carbocycles. The second-order valence-electron chi connectivity index (χ2n) is 4.64. The van der Waals surface area contributed by atoms with Crippen molar-refractivity contribution in [3.8, 4) is 0 Å². The van der Waals surface area contributed by atoms with Gasteiger partial charge in [-0.05, 0) is 56.3 Å². The first-order valence-electron chi connectivity index (χ1n) is 5.40. The van der Waals surface area contributed by atoms with Crippen molar-refractivity contribution in [2.24, 2.45) is 17.8 Å². The summed E-state index contributed by atoms with van der Waals surface area (Å²) in [6, 6.07) is 0. The van der Waals surface area contributed by atoms with Crippen LogP contribution in [0.2, 0.25) is 0 Å². The van der Waals surface area contributed by atoms with E-state index in [-0.39, 0.29) is 0 Å². The van der Waals surface area contributed by atoms with Gasteiger partial charge in [0.25, 0.3) is 0 Å². The van der Waals surface area contributed by atoms with Gasteiger partial charge in [-0.2, -0.15) is 4.09 Å². The lowest BCUT2D eigenvalue weighted by atomic mass is 10.0. The van der Waals surface area contributed by atoms with E-state index >= 15 is 0 Å². The normalized spacial score (nSPS) is 35.4. The minimum Gasteiger partial charge on any atom is -0.193 e. The molecule has 3 unspecified atom stereocenters. The van der Waals surface area contributed by atoms with Crippen molar-refractivity contribution in [2.75, 3.05) is 0 Å². The number of aromatic nitrogens is 3. The highest BCUT2D eigenvalue weighted by atomic mass is 32.1. The zero-order valence-electron chi connectivity index (χ0n) is 8.35. The van der Waals surface area contributed by atoms with Gasteiger partial charge in [-0.1, -0.05) is 12.1 Å². The maximum Gasteiger partial charge on any atom is 0.0870 e. The highest BCUT2D eigenvalue weighted by Gasteiger charge is 2.46. The van der Waals surface area contributed by atoms with E-state index < -0.39 is 0 Å². The van der Waals surface area contributed by atoms with E-state index in [0.717, 1.165) is 30.6 Å². The molecule has 0 aliphatic heterocycles. The molecule has 0 spiro atoms. The van der Waals surface area contributed by atoms with Gasteiger partial charge in [0.2, 0.25) is 0 Å². The summed E-state index contributed by atoms with van der Waals surface area (Å²) >= 11 is 4.28. The minimum atomic E-state index is 0.945. The van der Waals surface area contributed by atoms with Gasteiger partial charge in [0.05, 0.1) is 11.4 Å². The molecule has 0 amide bonds. The number of aryl methyl sites for hydroxylation is 1. The fourth-order valence-corrected chi connectivity index (χ4v) is 3.21. The summed E-state index contributed by atoms with van der Waals surface area (Å²) in [6.07, 6.45) is 4.80. The Labute approximate surface area is 89.4 Å². The van der Waals surface area contributed by atoms with Crippen LogP contribution in [0.25, 0.3) is 0 Å². The van der Waals surface area contributed by atoms with Crippen molar-refractivity contribution in [2.45, 2.75) is 32.6 Å². The number of thiol groups is 1. The Morgan fingerprint density at radius 3 is 2.79 bits per heavy atom. The van der Waals surface area contributed by atoms with Crippen LogP contribution < -0.4 is 0 Å². The molecule has 1 aromatic heterocycles. The largest absolute Gasteiger partial charge is 0.193 e. The average Bonchev–Trinajstić information content (AvgIpc) is 2.58. The highest BCUT2D eigenvalue weighted by Crippen LogP contribution is 2.52. The molecule has 1 heterocycles. The maximum atomic E-state index is 4.28. The van der Waals surface area contributed by atoms with E-state index in [2.05, 4.69) is 30.1 Å². The number of hydrogen-bond acceptors (Lipinski definition) is 3. The summed E-state index contributed by atoms with van der Waals surface area (Å²) in [5.74, 6) is 2.87. The lowest BCUT2D eigenvalue weighted by molar-refractivity contribution is 0.578. The number of nitrogens with zero attached hydrogens (tertiary/aromatic N) is 3. The standard InChI is InChI=1S/C10H15N3S/c1-6-7-2-4-9-10(5-3-8(6)7)13(14)12-11-9/h6-8,14H,2-5H2,1H3. The Balaban J connectivity index is 1.87. The van der Waals surface area contributed by atoms with Crippen molar-refractivity contribution in [1.82, 2.24) is 14.4 Å². The van der Waals surface area contributed by atoms with Gasteiger partial charge in [0.15, 0.2) is 0 Å². The van der Waals surface area contributed by atoms with Crippen molar-refractivity contribution in [1.29, 1.82) is 0 Å². The molecule has 4 heteroatoms. The third-order valence-corrected chi connectivity index (χ3v) is 4.33. The van der Waals surface area contributed by atoms with E-state index in [4.69, 9.17) is 0 Å². The van der Waals surface area contributed by atoms with Crippen LogP contribution in [0, 0.1) is 17.8 Å². The molecular formula is C10H15N3S. The first-order chi connectivity index (χ1) is 6.77. The molecule has 1 aromatic rings. The summed E-state index contributed by atoms with van der Waals surface area (Å²) in [5.41, 5.74) is 2.42. The molecule has 14 heavy (non-hydrogen) atoms. The zero-order chi connectivity index (χ0) is 9.71. The van der Waals surface area contributed by atoms with E-state index in [0.29, 0.717) is 0 Å². The van der Waals surface area contributed by atoms with Crippen molar-refractivity contribution in [3.05, 3.63) is 11.4 Å². The summed E-state index contributed by atoms with van der Waals surface area (Å²) < 4.78 is 1.66. The number of rotatable bonds is 0. The Kier molecular flexibility index (Phi) is 1.87. The average molecular weight is 209 g/mol. The minimum absolute atomic E-state index is 0.945. The SMILES string of the molecule is CC1C2CCc3nnn(S)c3CCC12. The first-order valence-corrected chi connectivity index (χ1v) is 5.80. The third-order valence-electron chi connectivity index (χ3n) is 4.01. The Hall–Kier alpha value is -0.510. The van der Waals surface area contributed by atoms with Gasteiger partial charge < -0.3 is 0 Å². The predicted molar refractivity (Wildman–Crippen MR) is 57.2 cm³/mol. The second-order valence-corrected chi connectivity index (χ2v) is 5.02. The predicted octanol–water partition coefficient (Wildman–Crippen LogP) is 1.73. The molecule has 3 nitrogen and oxygen atoms in total. The molecule has 0 saturated heterocycles. The van der Waals surface area contributed by atoms with Gasteiger partial charge >= 0.3 is 0 Å². The van der Waals surface area contributed by atoms with Crippen LogP contribution in [0.1, 0.15) is 31.2 Å². The lowest BCUT2D eigenvalue weighted by Gasteiger charge is -2.07. The molecule has 0 radical (unpaired) electrons. The van der Waals surface area contributed by atoms with Gasteiger partial charge in [-0.15, -0.1) is 5.10 Å². The zero-order valence-corrected chi connectivity index (χ0v) is 9.24. The summed E-state index contributed by atoms with van der Waals surface area (Å²) in [4.78, 5) is 0. The van der Waals surface area contributed by atoms with Crippen molar-refractivity contribution >= 4 is 12.8 Å². The molecule has 76 valence electrons. The Morgan fingerprint density at radius 1 is 1.29 bits per heavy atom. The quantitative estimate of drug-likeness (QED) is 0.660. The summed E-state index contributed by atoms with van der Waals surface area (Å²) in [7, 11) is 0. The molecule has 2 aliphatic carbocycles. The van der Waals surface area contributed by atoms with Crippen LogP contribution in [-0.2, 0) is 12.8 Å². The van der Waals surface area contributed by atoms with Crippen LogP contribution in [0.5, 0.6) is 0 Å². The molecule has 1 fully saturated rings. The molecule has 3 rings (SSSR count). The van der Waals surface area contributed by atoms with E-state index in [1.807, 2.05) is 0 Å². The Morgan fingerprint density at radius 2 is 2.00 bits per heavy atom. The maximum absolute atomic E-state index is 4.28. The summed E-state index contributed by atoms with van der Waals surface area (Å²) in [6.45, 7) is 2.38. The smallest absolute Gasteiger partial charge is 0.0870 e. The fourth-order valence-electron chi connectivity index (χ4n) is 2.96. The molecule has 0 N–H and O–H groups in total. The number of fused-ring (bicyclic) bond motifs is 2. The summed E-state index contributed by atoms with van der Waals surface area (Å²) in [5, 5.41) is 8.14. The van der Waals surface area contributed by atoms with Crippen molar-refractivity contribution < 1.29 is 0 Å². The second kappa shape index (κ2) is 2.99. The van der Waals surface area contributed by atoms with Gasteiger partial charge in [0.1, 0.15) is 0 Å². The van der Waals surface area contributed by atoms with Gasteiger partial charge in [-0.3, -0.25) is 0 Å². The first kappa shape index (κ1) is 8.77. The number of hydrogen-bond donors (Lipinski definition) is 1. The van der Waals surface area contributed by atoms with E-state index in [9.17, 15) is 0 Å². The topological polar surface area (TPSA) is 30.7 Å². The fraction of sp³-hybridized carbons (Fsp3) is 0.800. The molecular weight excluding hydrogens is 194 g/mol. The molecule has 0 bridgehead atoms. The van der Waals surface area contributed by atoms with Crippen LogP contribution in [0.3, 0.4) is 0 Å². The van der Waals surface area contributed by atoms with E-state index in [1.54, 1.807) is 4.09 Å². The van der Waals surface area contributed by atoms with E-state index in [1.165, 1.54) is 24.2 Å². The van der Waals surface area contributed by atoms with Gasteiger partial charge in [0, 0.05) is 0 Å². The monoisotopic (exact) mass is 209 g/mol. The molecule has 2 aliphatic rings. The molecule has 1 saturated carbocycles. The van der Waals surface area contributed by atoms with Gasteiger partial charge in [-0.25, -0.2) is 0 Å². The Bertz CT molecular complexity index is 360. The van der Waals surface area contributed by atoms with Crippen LogP contribution in [0.15, 0.2) is 0 Å². The third kappa shape index (κ3) is 1.20. The lowest BCUT2D eigenvalue weighted by Crippen LogP contribution is -2.02.